The first-order valence-electron chi connectivity index (χ1n) is 53.5. The summed E-state index contributed by atoms with van der Waals surface area (Å²) < 4.78 is 155. The van der Waals surface area contributed by atoms with Crippen molar-refractivity contribution in [1.29, 1.82) is 0 Å². The van der Waals surface area contributed by atoms with Gasteiger partial charge in [-0.2, -0.15) is 4.21 Å². The molecule has 6 N–H and O–H groups in total. The fourth-order valence-electron chi connectivity index (χ4n) is 23.7. The van der Waals surface area contributed by atoms with E-state index in [0.717, 1.165) is 49.0 Å². The Morgan fingerprint density at radius 1 is 0.510 bits per heavy atom. The van der Waals surface area contributed by atoms with Crippen LogP contribution in [0, 0.1) is 59.7 Å². The Morgan fingerprint density at radius 2 is 0.925 bits per heavy atom. The van der Waals surface area contributed by atoms with E-state index in [-0.39, 0.29) is 110 Å². The quantitative estimate of drug-likeness (QED) is 0.0378. The molecule has 4 bridgehead atoms. The lowest BCUT2D eigenvalue weighted by Gasteiger charge is -2.48. The molecule has 0 radical (unpaired) electrons. The monoisotopic (exact) mass is 2080 g/mol. The molecule has 15 aliphatic rings. The van der Waals surface area contributed by atoms with Gasteiger partial charge in [0.25, 0.3) is 0 Å². The Morgan fingerprint density at radius 3 is 1.35 bits per heavy atom. The van der Waals surface area contributed by atoms with Gasteiger partial charge in [0.15, 0.2) is 36.7 Å². The fraction of sp³-hybridized carbons (Fsp3) is 0.737. The molecular weight excluding hydrogens is 1910 g/mol. The van der Waals surface area contributed by atoms with Gasteiger partial charge in [-0.1, -0.05) is 180 Å². The lowest BCUT2D eigenvalue weighted by atomic mass is 9.71. The predicted molar refractivity (Wildman–Crippen MR) is 546 cm³/mol. The van der Waals surface area contributed by atoms with Crippen molar-refractivity contribution in [2.24, 2.45) is 47.3 Å². The van der Waals surface area contributed by atoms with Gasteiger partial charge in [-0.25, -0.2) is 0 Å². The lowest BCUT2D eigenvalue weighted by Crippen LogP contribution is -2.58. The van der Waals surface area contributed by atoms with Crippen molar-refractivity contribution in [3.8, 4) is 18.1 Å². The molecule has 3 aliphatic carbocycles. The summed E-state index contributed by atoms with van der Waals surface area (Å²) in [6.45, 7) is 38.6. The van der Waals surface area contributed by atoms with Gasteiger partial charge in [-0.15, -0.1) is 6.42 Å². The molecule has 12 heterocycles. The summed E-state index contributed by atoms with van der Waals surface area (Å²) in [6.07, 6.45) is 24.6. The zero-order chi connectivity index (χ0) is 106. The number of carbonyl (C=O) groups excluding carboxylic acids is 2. The maximum atomic E-state index is 14.3. The van der Waals surface area contributed by atoms with Crippen LogP contribution in [0.3, 0.4) is 0 Å². The number of fused-ring (bicyclic) bond motifs is 4. The van der Waals surface area contributed by atoms with Crippen molar-refractivity contribution in [3.05, 3.63) is 148 Å². The topological polar surface area (TPSA) is 385 Å². The number of methoxy groups -OCH3 is 4. The van der Waals surface area contributed by atoms with E-state index in [1.165, 1.54) is 5.56 Å². The number of allylic oxidation sites excluding steroid dienone is 4. The fourth-order valence-corrected chi connectivity index (χ4v) is 24.4. The zero-order valence-corrected chi connectivity index (χ0v) is 91.2. The van der Waals surface area contributed by atoms with E-state index in [9.17, 15) is 44.4 Å². The van der Waals surface area contributed by atoms with Crippen LogP contribution in [0.15, 0.2) is 143 Å². The molecule has 33 heteroatoms. The van der Waals surface area contributed by atoms with Gasteiger partial charge in [0.05, 0.1) is 98.7 Å². The highest BCUT2D eigenvalue weighted by atomic mass is 32.2. The summed E-state index contributed by atoms with van der Waals surface area (Å²) in [5.74, 6) is -2.10. The molecule has 16 rings (SSSR count). The minimum absolute atomic E-state index is 0.0287. The molecule has 32 nitrogen and oxygen atoms in total. The van der Waals surface area contributed by atoms with Crippen LogP contribution in [0.25, 0.3) is 0 Å². The van der Waals surface area contributed by atoms with E-state index < -0.39 is 193 Å². The van der Waals surface area contributed by atoms with Crippen molar-refractivity contribution >= 4 is 23.3 Å². The highest BCUT2D eigenvalue weighted by Crippen LogP contribution is 2.52. The van der Waals surface area contributed by atoms with Crippen LogP contribution >= 0.6 is 0 Å². The summed E-state index contributed by atoms with van der Waals surface area (Å²) in [4.78, 5) is 28.6. The predicted octanol–water partition coefficient (Wildman–Crippen LogP) is 14.3. The van der Waals surface area contributed by atoms with Crippen molar-refractivity contribution in [1.82, 2.24) is 0 Å². The molecule has 9 fully saturated rings. The van der Waals surface area contributed by atoms with Gasteiger partial charge >= 0.3 is 23.3 Å². The Bertz CT molecular complexity index is 4910. The van der Waals surface area contributed by atoms with Crippen LogP contribution in [-0.2, 0) is 129 Å². The van der Waals surface area contributed by atoms with Crippen molar-refractivity contribution in [2.45, 2.75) is 440 Å². The van der Waals surface area contributed by atoms with Crippen LogP contribution in [0.1, 0.15) is 233 Å². The number of ether oxygens (including phenoxy) is 21. The van der Waals surface area contributed by atoms with E-state index in [1.807, 2.05) is 76.3 Å². The average molecular weight is 2080 g/mol. The number of benzene rings is 1. The van der Waals surface area contributed by atoms with E-state index in [4.69, 9.17) is 114 Å². The summed E-state index contributed by atoms with van der Waals surface area (Å²) in [5, 5.41) is 68.4. The maximum absolute atomic E-state index is 14.3. The lowest BCUT2D eigenvalue weighted by molar-refractivity contribution is -0.318. The second-order valence-electron chi connectivity index (χ2n) is 44.8. The number of hydrogen-bond donors (Lipinski definition) is 6. The van der Waals surface area contributed by atoms with Gasteiger partial charge < -0.3 is 130 Å². The molecule has 42 atom stereocenters. The highest BCUT2D eigenvalue weighted by molar-refractivity contribution is 7.75. The van der Waals surface area contributed by atoms with Gasteiger partial charge in [-0.05, 0) is 168 Å². The smallest absolute Gasteiger partial charge is 0.316 e. The van der Waals surface area contributed by atoms with Gasteiger partial charge in [0.2, 0.25) is 0 Å². The summed E-state index contributed by atoms with van der Waals surface area (Å²) >= 11 is -1.83. The van der Waals surface area contributed by atoms with E-state index >= 15 is 0 Å². The third kappa shape index (κ3) is 27.2. The third-order valence-electron chi connectivity index (χ3n) is 32.6. The number of terminal acetylenes is 1. The Kier molecular flexibility index (Phi) is 40.2. The normalized spacial score (nSPS) is 44.9. The molecule has 2 spiro atoms. The molecule has 0 aromatic heterocycles. The number of carbonyl (C=O) groups is 2. The Hall–Kier alpha value is -5.97. The van der Waals surface area contributed by atoms with E-state index in [1.54, 1.807) is 80.4 Å². The van der Waals surface area contributed by atoms with Crippen molar-refractivity contribution < 1.29 is 152 Å². The molecule has 3 unspecified atom stereocenters. The van der Waals surface area contributed by atoms with Crippen molar-refractivity contribution in [3.63, 3.8) is 0 Å². The molecule has 822 valence electrons. The number of aliphatic hydroxyl groups is 6. The number of hydrogen-bond acceptors (Lipinski definition) is 32. The van der Waals surface area contributed by atoms with Crippen molar-refractivity contribution in [2.75, 3.05) is 48.3 Å². The Labute approximate surface area is 872 Å². The number of aliphatic hydroxyl groups excluding tert-OH is 4. The number of rotatable bonds is 21. The third-order valence-corrected chi connectivity index (χ3v) is 33.3. The van der Waals surface area contributed by atoms with Crippen LogP contribution < -0.4 is 4.74 Å². The minimum Gasteiger partial charge on any atom is -0.488 e. The summed E-state index contributed by atoms with van der Waals surface area (Å²) in [6, 6.07) is 8.14. The van der Waals surface area contributed by atoms with Gasteiger partial charge in [0, 0.05) is 103 Å². The molecule has 0 amide bonds. The molecule has 8 saturated heterocycles. The molecule has 147 heavy (non-hydrogen) atoms. The first-order valence-corrected chi connectivity index (χ1v) is 54.5. The minimum atomic E-state index is -1.84. The number of esters is 2. The second kappa shape index (κ2) is 50.7. The molecule has 12 aliphatic heterocycles. The van der Waals surface area contributed by atoms with Crippen LogP contribution in [-0.4, -0.2) is 302 Å². The van der Waals surface area contributed by atoms with Gasteiger partial charge in [0.1, 0.15) is 109 Å². The Balaban J connectivity index is 0.000000190. The molecule has 1 aromatic rings. The SMILES string of the molecule is C#CCOS(=O)OC1CCCCC1Oc1ccc(C(C)(C)C)cc1.CC[C@H](C)[C@H]1O[C@]2(C=C[C@@H]1C)C[C@@H]1C[C@@H](C/C=C(\C)[C@@H](O[C@H]3C[C@H](OC)[C@@H](O[C@H]4C[C@H](OC)[C@@H](O)[C@H](C)O4)[C@H](C)O3)[C@@H](C)/C=C/C=C3\CO[C@@H]4[C@H](O)C(C)=C[C@@H](C(=O)O1)[C@]34O)O2.CO[C@H]1C[C@H](O[C@H]2[C@H](C)O[C@@H](O[C@@H]3/C(C)=C/C[C@@H]4C[C@@H](C[C@]5(C=C[C@H](C)[C@@H](C(C)C)O5)O4)OC(=O)[C@@H]4C=C(C)[C@@H](O)[C@H]5OC/C(=C\C=C\[C@@H]3C)[C@]54O)C[C@@H]2OC)O[C@@H](C)[C@@H]1O. The van der Waals surface area contributed by atoms with E-state index in [2.05, 4.69) is 119 Å². The molecule has 1 aromatic carbocycles. The van der Waals surface area contributed by atoms with Crippen LogP contribution in [0.2, 0.25) is 0 Å². The van der Waals surface area contributed by atoms with Gasteiger partial charge in [-0.3, -0.25) is 18.0 Å². The highest BCUT2D eigenvalue weighted by Gasteiger charge is 2.63. The maximum Gasteiger partial charge on any atom is 0.316 e. The standard InChI is InChI=1S/C48H72O14.C47H70O14.C19H26O4S/c1-11-25(2)43-28(5)17-18-47(62-43)23-34-20-33(61-47)16-15-27(4)42(26(3)13-12-14-32-24-55-45-40(49)29(6)19-35(46(51)58-34)48(32,45)52)59-39-22-37(54-10)44(31(8)57-39)60-38-21-36(53-9)41(50)30(7)56-38;1-24(2)41-27(5)16-17-46(61-41)22-33-19-32(60-46)15-14-26(4)42(25(3)12-11-13-31-23-54-44-39(48)28(6)18-34(45(50)57-33)47(31,44)51)58-38-21-36(53-10)43(30(8)56-38)59-37-20-35(52-9)40(49)29(7)55-37;1-5-14-21-24(20)23-18-9-7-6-8-17(18)22-16-12-10-15(11-13-16)19(2,3)4/h12-15,17-19,25-26,28,30-31,33-45,49-50,52H,11,16,20-24H2,1-10H3;11-14,16-18,24-25,27,29-30,32-44,48-49,51H,15,19-23H2,1-10H3;1,10-13,17-18H,6-9,14H2,2-4H3/b13-12+,27-15+,32-14+;12-11+,26-14+,31-13+;/t25-,26-,28-,30-,31-,33+,34-,35-,36-,37-,38-,39-,40+,41-,42-,43+,44-,45+,47+,48+;25-,27-,29-,30-,32+,33-,34-,35-,36-,37-,38-,39+,40-,41+,42-,43-,44+,46+,47+;/m00./s1. The molecule has 1 saturated carbocycles. The van der Waals surface area contributed by atoms with Crippen LogP contribution in [0.5, 0.6) is 5.75 Å². The molecular formula is C114H168O32S. The zero-order valence-electron chi connectivity index (χ0n) is 90.3. The first kappa shape index (κ1) is 117. The summed E-state index contributed by atoms with van der Waals surface area (Å²) in [5.41, 5.74) is 1.63. The summed E-state index contributed by atoms with van der Waals surface area (Å²) in [7, 11) is 6.44. The van der Waals surface area contributed by atoms with Crippen LogP contribution in [0.4, 0.5) is 0 Å². The first-order chi connectivity index (χ1) is 69.9. The average Bonchev–Trinajstić information content (AvgIpc) is 1.60. The second-order valence-corrected chi connectivity index (χ2v) is 45.6. The van der Waals surface area contributed by atoms with E-state index in [0.29, 0.717) is 86.5 Å². The largest absolute Gasteiger partial charge is 0.488 e.